The molecule has 4 heterocycles. The van der Waals surface area contributed by atoms with Crippen LogP contribution in [-0.4, -0.2) is 60.0 Å². The van der Waals surface area contributed by atoms with Gasteiger partial charge >= 0.3 is 11.7 Å². The second-order valence-electron chi connectivity index (χ2n) is 11.3. The highest BCUT2D eigenvalue weighted by Crippen LogP contribution is 2.46. The Morgan fingerprint density at radius 2 is 1.67 bits per heavy atom. The van der Waals surface area contributed by atoms with E-state index in [9.17, 15) is 9.59 Å². The number of fused-ring (bicyclic) bond motifs is 2. The fourth-order valence-corrected chi connectivity index (χ4v) is 6.45. The van der Waals surface area contributed by atoms with Gasteiger partial charge in [0.25, 0.3) is 0 Å². The number of rotatable bonds is 7. The van der Waals surface area contributed by atoms with Crippen LogP contribution in [0.15, 0.2) is 94.9 Å². The third kappa shape index (κ3) is 5.42. The van der Waals surface area contributed by atoms with Crippen LogP contribution in [0.3, 0.4) is 0 Å². The van der Waals surface area contributed by atoms with Crippen LogP contribution in [0.2, 0.25) is 0 Å². The number of aromatic nitrogens is 2. The molecule has 230 valence electrons. The topological polar surface area (TPSA) is 98.2 Å². The van der Waals surface area contributed by atoms with Crippen molar-refractivity contribution >= 4 is 17.6 Å². The fraction of sp³-hybridized carbons (Fsp3) is 0.286. The van der Waals surface area contributed by atoms with Gasteiger partial charge in [0.1, 0.15) is 11.6 Å². The molecule has 3 aliphatic heterocycles. The summed E-state index contributed by atoms with van der Waals surface area (Å²) >= 11 is 0. The molecule has 10 nitrogen and oxygen atoms in total. The summed E-state index contributed by atoms with van der Waals surface area (Å²) in [7, 11) is 0. The molecule has 1 atom stereocenters. The molecule has 3 aromatic carbocycles. The molecule has 0 radical (unpaired) electrons. The summed E-state index contributed by atoms with van der Waals surface area (Å²) in [6, 6.07) is 25.4. The first-order valence-electron chi connectivity index (χ1n) is 15.3. The first-order valence-corrected chi connectivity index (χ1v) is 15.3. The smallest absolute Gasteiger partial charge is 0.355 e. The number of para-hydroxylation sites is 1. The Labute approximate surface area is 261 Å². The van der Waals surface area contributed by atoms with Crippen LogP contribution >= 0.6 is 0 Å². The van der Waals surface area contributed by atoms with Crippen molar-refractivity contribution in [3.8, 4) is 17.2 Å². The summed E-state index contributed by atoms with van der Waals surface area (Å²) in [4.78, 5) is 36.7. The van der Waals surface area contributed by atoms with Gasteiger partial charge < -0.3 is 24.4 Å². The molecule has 0 bridgehead atoms. The van der Waals surface area contributed by atoms with E-state index in [1.165, 1.54) is 0 Å². The lowest BCUT2D eigenvalue weighted by molar-refractivity contribution is -0.138. The lowest BCUT2D eigenvalue weighted by atomic mass is 9.81. The highest BCUT2D eigenvalue weighted by Gasteiger charge is 2.39. The van der Waals surface area contributed by atoms with Crippen molar-refractivity contribution in [1.29, 1.82) is 0 Å². The molecule has 1 unspecified atom stereocenters. The molecule has 1 fully saturated rings. The van der Waals surface area contributed by atoms with Gasteiger partial charge in [0.05, 0.1) is 23.8 Å². The SMILES string of the molecule is CCOC(=O)C1=C(C)Nc2c(c(N3CCN(Cc4ccc5c(c4)OCO5)CC3)nc(=O)n2-c2ccccc2)C1c1ccccc1. The number of hydrogen-bond donors (Lipinski definition) is 1. The van der Waals surface area contributed by atoms with Gasteiger partial charge in [-0.05, 0) is 49.2 Å². The zero-order valence-electron chi connectivity index (χ0n) is 25.4. The Morgan fingerprint density at radius 1 is 0.956 bits per heavy atom. The monoisotopic (exact) mass is 605 g/mol. The van der Waals surface area contributed by atoms with Crippen molar-refractivity contribution in [2.75, 3.05) is 49.8 Å². The van der Waals surface area contributed by atoms with Crippen LogP contribution in [0.4, 0.5) is 11.6 Å². The van der Waals surface area contributed by atoms with Gasteiger partial charge in [0.2, 0.25) is 6.79 Å². The van der Waals surface area contributed by atoms with Crippen LogP contribution < -0.4 is 25.4 Å². The van der Waals surface area contributed by atoms with E-state index in [-0.39, 0.29) is 25.1 Å². The summed E-state index contributed by atoms with van der Waals surface area (Å²) < 4.78 is 18.2. The summed E-state index contributed by atoms with van der Waals surface area (Å²) in [6.07, 6.45) is 0. The molecule has 4 aromatic rings. The van der Waals surface area contributed by atoms with E-state index in [1.54, 1.807) is 11.5 Å². The largest absolute Gasteiger partial charge is 0.463 e. The Kier molecular flexibility index (Phi) is 7.72. The predicted molar refractivity (Wildman–Crippen MR) is 171 cm³/mol. The van der Waals surface area contributed by atoms with Gasteiger partial charge in [-0.25, -0.2) is 14.2 Å². The maximum absolute atomic E-state index is 13.9. The quantitative estimate of drug-likeness (QED) is 0.301. The van der Waals surface area contributed by atoms with Gasteiger partial charge in [0, 0.05) is 44.0 Å². The van der Waals surface area contributed by atoms with Crippen LogP contribution in [0.25, 0.3) is 5.69 Å². The highest BCUT2D eigenvalue weighted by molar-refractivity contribution is 5.95. The van der Waals surface area contributed by atoms with Crippen molar-refractivity contribution in [2.45, 2.75) is 26.3 Å². The van der Waals surface area contributed by atoms with Crippen LogP contribution in [0.1, 0.15) is 36.5 Å². The second kappa shape index (κ2) is 12.1. The number of nitrogens with zero attached hydrogens (tertiary/aromatic N) is 4. The fourth-order valence-electron chi connectivity index (χ4n) is 6.45. The maximum Gasteiger partial charge on any atom is 0.355 e. The summed E-state index contributed by atoms with van der Waals surface area (Å²) in [6.45, 7) is 7.82. The molecule has 0 saturated carbocycles. The number of benzene rings is 3. The van der Waals surface area contributed by atoms with Crippen LogP contribution in [0, 0.1) is 0 Å². The minimum absolute atomic E-state index is 0.253. The predicted octanol–water partition coefficient (Wildman–Crippen LogP) is 4.68. The van der Waals surface area contributed by atoms with Crippen molar-refractivity contribution in [2.24, 2.45) is 0 Å². The van der Waals surface area contributed by atoms with Crippen molar-refractivity contribution in [3.63, 3.8) is 0 Å². The number of carbonyl (C=O) groups excluding carboxylic acids is 1. The molecule has 0 amide bonds. The number of hydrogen-bond acceptors (Lipinski definition) is 9. The average Bonchev–Trinajstić information content (AvgIpc) is 3.53. The molecule has 10 heteroatoms. The van der Waals surface area contributed by atoms with E-state index in [0.717, 1.165) is 47.8 Å². The number of ether oxygens (including phenoxy) is 3. The number of allylic oxidation sites excluding steroid dienone is 1. The van der Waals surface area contributed by atoms with E-state index < -0.39 is 5.92 Å². The molecular formula is C35H35N5O5. The third-order valence-electron chi connectivity index (χ3n) is 8.56. The zero-order valence-corrected chi connectivity index (χ0v) is 25.4. The molecule has 1 saturated heterocycles. The molecule has 1 aromatic heterocycles. The molecule has 7 rings (SSSR count). The van der Waals surface area contributed by atoms with E-state index in [0.29, 0.717) is 41.7 Å². The van der Waals surface area contributed by atoms with Gasteiger partial charge in [0.15, 0.2) is 11.5 Å². The molecule has 0 aliphatic carbocycles. The van der Waals surface area contributed by atoms with E-state index >= 15 is 0 Å². The number of nitrogens with one attached hydrogen (secondary N) is 1. The lowest BCUT2D eigenvalue weighted by Crippen LogP contribution is -2.47. The first kappa shape index (κ1) is 28.7. The standard InChI is InChI=1S/C35H35N5O5/c1-3-43-34(41)29-23(2)36-33-31(30(29)25-10-6-4-7-11-25)32(37-35(42)40(33)26-12-8-5-9-13-26)39-18-16-38(17-19-39)21-24-14-15-27-28(20-24)45-22-44-27/h4-15,20,30,36H,3,16-19,21-22H2,1-2H3. The summed E-state index contributed by atoms with van der Waals surface area (Å²) in [5, 5.41) is 3.44. The van der Waals surface area contributed by atoms with E-state index in [4.69, 9.17) is 19.2 Å². The second-order valence-corrected chi connectivity index (χ2v) is 11.3. The lowest BCUT2D eigenvalue weighted by Gasteiger charge is -2.39. The summed E-state index contributed by atoms with van der Waals surface area (Å²) in [5.41, 5.74) is 4.32. The van der Waals surface area contributed by atoms with E-state index in [1.807, 2.05) is 79.7 Å². The van der Waals surface area contributed by atoms with Crippen molar-refractivity contribution in [1.82, 2.24) is 14.5 Å². The zero-order chi connectivity index (χ0) is 30.9. The minimum atomic E-state index is -0.494. The molecule has 1 N–H and O–H groups in total. The number of esters is 1. The molecular weight excluding hydrogens is 570 g/mol. The number of carbonyl (C=O) groups is 1. The Bertz CT molecular complexity index is 1810. The van der Waals surface area contributed by atoms with E-state index in [2.05, 4.69) is 21.2 Å². The van der Waals surface area contributed by atoms with Gasteiger partial charge in [-0.15, -0.1) is 0 Å². The van der Waals surface area contributed by atoms with Gasteiger partial charge in [-0.1, -0.05) is 54.6 Å². The molecule has 0 spiro atoms. The van der Waals surface area contributed by atoms with Gasteiger partial charge in [-0.3, -0.25) is 4.90 Å². The first-order chi connectivity index (χ1) is 22.0. The third-order valence-corrected chi connectivity index (χ3v) is 8.56. The van der Waals surface area contributed by atoms with Crippen LogP contribution in [0.5, 0.6) is 11.5 Å². The highest BCUT2D eigenvalue weighted by atomic mass is 16.7. The number of anilines is 2. The van der Waals surface area contributed by atoms with Crippen molar-refractivity contribution in [3.05, 3.63) is 117 Å². The van der Waals surface area contributed by atoms with Gasteiger partial charge in [-0.2, -0.15) is 4.98 Å². The Hall–Kier alpha value is -5.09. The minimum Gasteiger partial charge on any atom is -0.463 e. The molecule has 3 aliphatic rings. The summed E-state index contributed by atoms with van der Waals surface area (Å²) in [5.74, 6) is 1.86. The Morgan fingerprint density at radius 3 is 2.40 bits per heavy atom. The number of piperazine rings is 1. The maximum atomic E-state index is 13.9. The van der Waals surface area contributed by atoms with Crippen LogP contribution in [-0.2, 0) is 16.1 Å². The Balaban J connectivity index is 1.29. The van der Waals surface area contributed by atoms with Crippen molar-refractivity contribution < 1.29 is 19.0 Å². The molecule has 45 heavy (non-hydrogen) atoms. The average molecular weight is 606 g/mol. The normalized spacial score (nSPS) is 17.6.